The number of nitrogens with one attached hydrogen (secondary N) is 1. The Bertz CT molecular complexity index is 620. The minimum absolute atomic E-state index is 0.0141. The van der Waals surface area contributed by atoms with Crippen LogP contribution in [0.2, 0.25) is 5.02 Å². The lowest BCUT2D eigenvalue weighted by Crippen LogP contribution is -2.36. The van der Waals surface area contributed by atoms with Gasteiger partial charge in [-0.05, 0) is 50.5 Å². The predicted molar refractivity (Wildman–Crippen MR) is 95.4 cm³/mol. The van der Waals surface area contributed by atoms with E-state index in [9.17, 15) is 4.21 Å². The maximum absolute atomic E-state index is 12.5. The first-order valence-corrected chi connectivity index (χ1v) is 8.86. The van der Waals surface area contributed by atoms with Crippen molar-refractivity contribution in [2.24, 2.45) is 0 Å². The smallest absolute Gasteiger partial charge is 0.0976 e. The van der Waals surface area contributed by atoms with Gasteiger partial charge in [0.25, 0.3) is 0 Å². The fourth-order valence-corrected chi connectivity index (χ4v) is 3.04. The Hall–Kier alpha value is -1.16. The van der Waals surface area contributed by atoms with Crippen molar-refractivity contribution in [2.45, 2.75) is 38.0 Å². The van der Waals surface area contributed by atoms with Crippen molar-refractivity contribution >= 4 is 22.6 Å². The van der Waals surface area contributed by atoms with Gasteiger partial charge in [-0.3, -0.25) is 0 Å². The van der Waals surface area contributed by atoms with E-state index in [0.29, 0.717) is 5.02 Å². The van der Waals surface area contributed by atoms with E-state index in [2.05, 4.69) is 16.9 Å². The third-order valence-electron chi connectivity index (χ3n) is 3.36. The maximum atomic E-state index is 12.5. The molecule has 0 aromatic heterocycles. The van der Waals surface area contributed by atoms with Gasteiger partial charge in [-0.1, -0.05) is 54.1 Å². The molecule has 0 aliphatic rings. The number of hydrogen-bond donors (Lipinski definition) is 1. The van der Waals surface area contributed by atoms with Crippen LogP contribution < -0.4 is 4.72 Å². The summed E-state index contributed by atoms with van der Waals surface area (Å²) in [5, 5.41) is 0.708. The Kier molecular flexibility index (Phi) is 5.79. The summed E-state index contributed by atoms with van der Waals surface area (Å²) in [6.45, 7) is 5.91. The summed E-state index contributed by atoms with van der Waals surface area (Å²) >= 11 is 5.97. The first-order chi connectivity index (χ1) is 10.4. The number of halogens is 1. The van der Waals surface area contributed by atoms with Crippen molar-refractivity contribution in [2.75, 3.05) is 0 Å². The zero-order valence-electron chi connectivity index (χ0n) is 13.2. The second-order valence-electron chi connectivity index (χ2n) is 6.29. The molecule has 2 nitrogen and oxygen atoms in total. The molecule has 4 heteroatoms. The Morgan fingerprint density at radius 1 is 1.05 bits per heavy atom. The monoisotopic (exact) mass is 335 g/mol. The third kappa shape index (κ3) is 4.94. The van der Waals surface area contributed by atoms with Crippen molar-refractivity contribution in [3.8, 4) is 0 Å². The minimum atomic E-state index is -1.13. The zero-order valence-corrected chi connectivity index (χ0v) is 14.7. The third-order valence-corrected chi connectivity index (χ3v) is 5.22. The van der Waals surface area contributed by atoms with Gasteiger partial charge in [0.15, 0.2) is 0 Å². The van der Waals surface area contributed by atoms with Gasteiger partial charge in [-0.25, -0.2) is 8.93 Å². The molecule has 1 N–H and O–H groups in total. The highest BCUT2D eigenvalue weighted by molar-refractivity contribution is 7.84. The molecule has 2 rings (SSSR count). The van der Waals surface area contributed by atoms with Gasteiger partial charge in [0.2, 0.25) is 0 Å². The fraction of sp³-hybridized carbons (Fsp3) is 0.333. The molecule has 1 unspecified atom stereocenters. The van der Waals surface area contributed by atoms with Crippen molar-refractivity contribution in [3.05, 3.63) is 70.7 Å². The topological polar surface area (TPSA) is 29.1 Å². The van der Waals surface area contributed by atoms with E-state index < -0.39 is 11.0 Å². The molecular formula is C18H22ClNOS. The second kappa shape index (κ2) is 7.40. The first-order valence-electron chi connectivity index (χ1n) is 7.34. The number of hydrogen-bond acceptors (Lipinski definition) is 1. The normalized spacial score (nSPS) is 14.5. The van der Waals surface area contributed by atoms with Crippen LogP contribution in [0.25, 0.3) is 0 Å². The minimum Gasteiger partial charge on any atom is -0.242 e. The molecule has 22 heavy (non-hydrogen) atoms. The van der Waals surface area contributed by atoms with Crippen LogP contribution >= 0.6 is 11.6 Å². The van der Waals surface area contributed by atoms with Gasteiger partial charge < -0.3 is 0 Å². The van der Waals surface area contributed by atoms with E-state index in [-0.39, 0.29) is 10.8 Å². The van der Waals surface area contributed by atoms with E-state index in [1.54, 1.807) is 0 Å². The summed E-state index contributed by atoms with van der Waals surface area (Å²) < 4.78 is 15.4. The van der Waals surface area contributed by atoms with Crippen molar-refractivity contribution < 1.29 is 4.21 Å². The van der Waals surface area contributed by atoms with Crippen molar-refractivity contribution in [3.63, 3.8) is 0 Å². The Balaban J connectivity index is 2.24. The largest absolute Gasteiger partial charge is 0.242 e. The van der Waals surface area contributed by atoms with Crippen LogP contribution in [0.4, 0.5) is 0 Å². The quantitative estimate of drug-likeness (QED) is 0.844. The van der Waals surface area contributed by atoms with Crippen molar-refractivity contribution in [1.82, 2.24) is 4.72 Å². The van der Waals surface area contributed by atoms with Gasteiger partial charge >= 0.3 is 0 Å². The van der Waals surface area contributed by atoms with Gasteiger partial charge in [0.05, 0.1) is 15.7 Å². The SMILES string of the molecule is CC(C)(C)S(=O)N[C@H](Cc1ccccc1)c1ccc(Cl)cc1. The van der Waals surface area contributed by atoms with Gasteiger partial charge in [-0.15, -0.1) is 0 Å². The predicted octanol–water partition coefficient (Wildman–Crippen LogP) is 4.68. The molecule has 0 aliphatic heterocycles. The first kappa shape index (κ1) is 17.2. The molecule has 0 fully saturated rings. The van der Waals surface area contributed by atoms with Crippen LogP contribution in [0.3, 0.4) is 0 Å². The maximum Gasteiger partial charge on any atom is 0.0976 e. The lowest BCUT2D eigenvalue weighted by atomic mass is 10.00. The Morgan fingerprint density at radius 2 is 1.64 bits per heavy atom. The highest BCUT2D eigenvalue weighted by Gasteiger charge is 2.23. The summed E-state index contributed by atoms with van der Waals surface area (Å²) in [5.74, 6) is 0. The van der Waals surface area contributed by atoms with E-state index in [1.165, 1.54) is 5.56 Å². The molecule has 0 aliphatic carbocycles. The standard InChI is InChI=1S/C18H22ClNOS/c1-18(2,3)22(21)20-17(13-14-7-5-4-6-8-14)15-9-11-16(19)12-10-15/h4-12,17,20H,13H2,1-3H3/t17-,22?/m1/s1. The van der Waals surface area contributed by atoms with Gasteiger partial charge in [-0.2, -0.15) is 0 Å². The summed E-state index contributed by atoms with van der Waals surface area (Å²) in [6, 6.07) is 17.9. The molecule has 0 heterocycles. The van der Waals surface area contributed by atoms with Crippen LogP contribution in [-0.4, -0.2) is 8.96 Å². The molecule has 0 saturated heterocycles. The average Bonchev–Trinajstić information content (AvgIpc) is 2.47. The number of benzene rings is 2. The van der Waals surface area contributed by atoms with Crippen molar-refractivity contribution in [1.29, 1.82) is 0 Å². The van der Waals surface area contributed by atoms with E-state index in [1.807, 2.05) is 63.2 Å². The molecule has 0 spiro atoms. The molecule has 0 bridgehead atoms. The summed E-state index contributed by atoms with van der Waals surface area (Å²) in [6.07, 6.45) is 0.782. The number of rotatable bonds is 5. The molecule has 2 aromatic rings. The average molecular weight is 336 g/mol. The molecule has 2 atom stereocenters. The zero-order chi connectivity index (χ0) is 16.2. The second-order valence-corrected chi connectivity index (χ2v) is 8.73. The van der Waals surface area contributed by atoms with E-state index in [0.717, 1.165) is 12.0 Å². The van der Waals surface area contributed by atoms with Crippen LogP contribution in [0.1, 0.15) is 37.9 Å². The molecule has 2 aromatic carbocycles. The molecular weight excluding hydrogens is 314 g/mol. The van der Waals surface area contributed by atoms with Crippen LogP contribution in [0.15, 0.2) is 54.6 Å². The highest BCUT2D eigenvalue weighted by atomic mass is 35.5. The Labute approximate surface area is 140 Å². The molecule has 0 radical (unpaired) electrons. The summed E-state index contributed by atoms with van der Waals surface area (Å²) in [7, 11) is -1.13. The molecule has 0 saturated carbocycles. The van der Waals surface area contributed by atoms with Crippen LogP contribution in [-0.2, 0) is 17.4 Å². The van der Waals surface area contributed by atoms with Crippen LogP contribution in [0.5, 0.6) is 0 Å². The molecule has 0 amide bonds. The lowest BCUT2D eigenvalue weighted by Gasteiger charge is -2.25. The van der Waals surface area contributed by atoms with Crippen LogP contribution in [0, 0.1) is 0 Å². The van der Waals surface area contributed by atoms with E-state index >= 15 is 0 Å². The lowest BCUT2D eigenvalue weighted by molar-refractivity contribution is 0.597. The van der Waals surface area contributed by atoms with E-state index in [4.69, 9.17) is 11.6 Å². The van der Waals surface area contributed by atoms with Gasteiger partial charge in [0.1, 0.15) is 0 Å². The summed E-state index contributed by atoms with van der Waals surface area (Å²) in [5.41, 5.74) is 2.30. The van der Waals surface area contributed by atoms with Gasteiger partial charge in [0, 0.05) is 11.1 Å². The molecule has 118 valence electrons. The Morgan fingerprint density at radius 3 is 2.18 bits per heavy atom. The highest BCUT2D eigenvalue weighted by Crippen LogP contribution is 2.23. The fourth-order valence-electron chi connectivity index (χ4n) is 2.08. The summed E-state index contributed by atoms with van der Waals surface area (Å²) in [4.78, 5) is 0.